The first-order valence-corrected chi connectivity index (χ1v) is 15.0. The fourth-order valence-corrected chi connectivity index (χ4v) is 17.1. The molecule has 0 rings (SSSR count). The number of hydrogen-bond donors (Lipinski definition) is 0. The summed E-state index contributed by atoms with van der Waals surface area (Å²) in [5, 5.41) is 0. The van der Waals surface area contributed by atoms with Gasteiger partial charge < -0.3 is 0 Å². The van der Waals surface area contributed by atoms with E-state index in [0.29, 0.717) is 6.10 Å². The Bertz CT molecular complexity index is 147. The van der Waals surface area contributed by atoms with Gasteiger partial charge in [0, 0.05) is 0 Å². The minimum absolute atomic E-state index is 0.455. The molecule has 17 heavy (non-hydrogen) atoms. The summed E-state index contributed by atoms with van der Waals surface area (Å²) in [7, 11) is 0. The Labute approximate surface area is 114 Å². The van der Waals surface area contributed by atoms with Crippen LogP contribution >= 0.6 is 0 Å². The number of hydrogen-bond acceptors (Lipinski definition) is 1. The maximum atomic E-state index is 6.55. The van der Waals surface area contributed by atoms with Crippen molar-refractivity contribution >= 4 is 18.8 Å². The van der Waals surface area contributed by atoms with Gasteiger partial charge in [-0.15, -0.1) is 0 Å². The molecule has 0 bridgehead atoms. The second-order valence-electron chi connectivity index (χ2n) is 5.66. The van der Waals surface area contributed by atoms with E-state index in [1.54, 1.807) is 0 Å². The van der Waals surface area contributed by atoms with Gasteiger partial charge in [-0.25, -0.2) is 0 Å². The molecule has 0 atom stereocenters. The third-order valence-electron chi connectivity index (χ3n) is 3.44. The number of unbranched alkanes of at least 4 members (excludes halogenated alkanes) is 3. The summed E-state index contributed by atoms with van der Waals surface area (Å²) < 4.78 is 10.9. The summed E-state index contributed by atoms with van der Waals surface area (Å²) in [6, 6.07) is 0. The van der Waals surface area contributed by atoms with E-state index in [1.165, 1.54) is 51.8 Å². The molecule has 0 N–H and O–H groups in total. The molecular formula is C15H34OSn. The van der Waals surface area contributed by atoms with Gasteiger partial charge in [0.1, 0.15) is 0 Å². The molecular weight excluding hydrogens is 315 g/mol. The normalized spacial score (nSPS) is 12.4. The van der Waals surface area contributed by atoms with Gasteiger partial charge in [-0.2, -0.15) is 0 Å². The van der Waals surface area contributed by atoms with Crippen molar-refractivity contribution in [1.29, 1.82) is 0 Å². The zero-order chi connectivity index (χ0) is 13.1. The molecule has 0 amide bonds. The summed E-state index contributed by atoms with van der Waals surface area (Å²) in [5.41, 5.74) is 0. The molecule has 0 radical (unpaired) electrons. The second-order valence-corrected chi connectivity index (χ2v) is 17.4. The van der Waals surface area contributed by atoms with E-state index >= 15 is 0 Å². The quantitative estimate of drug-likeness (QED) is 0.431. The molecule has 0 aromatic carbocycles. The van der Waals surface area contributed by atoms with Crippen molar-refractivity contribution in [2.75, 3.05) is 0 Å². The van der Waals surface area contributed by atoms with Crippen LogP contribution in [0.15, 0.2) is 0 Å². The second kappa shape index (κ2) is 10.7. The zero-order valence-electron chi connectivity index (χ0n) is 12.8. The van der Waals surface area contributed by atoms with E-state index < -0.39 is 18.8 Å². The Balaban J connectivity index is 4.51. The first-order chi connectivity index (χ1) is 8.10. The third kappa shape index (κ3) is 8.47. The van der Waals surface area contributed by atoms with E-state index in [1.807, 2.05) is 0 Å². The van der Waals surface area contributed by atoms with Crippen LogP contribution in [0.2, 0.25) is 13.3 Å². The van der Waals surface area contributed by atoms with Crippen molar-refractivity contribution in [3.8, 4) is 0 Å². The summed E-state index contributed by atoms with van der Waals surface area (Å²) in [6.07, 6.45) is 8.65. The van der Waals surface area contributed by atoms with Crippen LogP contribution in [-0.4, -0.2) is 24.9 Å². The van der Waals surface area contributed by atoms with Crippen molar-refractivity contribution in [3.05, 3.63) is 0 Å². The Morgan fingerprint density at radius 2 is 1.12 bits per heavy atom. The standard InChI is InChI=1S/3C4H9.C3H7O.Sn/c3*1-3-4-2;1-3(2)4;/h3*1,3-4H2,2H3;3H,1-2H3;/q;;;-1;+1. The maximum absolute atomic E-state index is 6.55. The van der Waals surface area contributed by atoms with E-state index in [2.05, 4.69) is 34.6 Å². The molecule has 0 aliphatic rings. The predicted molar refractivity (Wildman–Crippen MR) is 81.1 cm³/mol. The average Bonchev–Trinajstić information content (AvgIpc) is 2.30. The average molecular weight is 349 g/mol. The predicted octanol–water partition coefficient (Wildman–Crippen LogP) is 5.76. The van der Waals surface area contributed by atoms with Crippen molar-refractivity contribution < 1.29 is 3.07 Å². The van der Waals surface area contributed by atoms with E-state index in [4.69, 9.17) is 3.07 Å². The van der Waals surface area contributed by atoms with Crippen molar-refractivity contribution in [1.82, 2.24) is 0 Å². The van der Waals surface area contributed by atoms with Crippen LogP contribution in [0.3, 0.4) is 0 Å². The van der Waals surface area contributed by atoms with Crippen LogP contribution in [-0.2, 0) is 3.07 Å². The van der Waals surface area contributed by atoms with Crippen LogP contribution < -0.4 is 0 Å². The molecule has 0 aromatic heterocycles. The summed E-state index contributed by atoms with van der Waals surface area (Å²) in [5.74, 6) is 0. The SMILES string of the molecule is CCC[CH2][Sn]([CH2]CCC)([CH2]CCC)[O]C(C)C. The molecule has 0 heterocycles. The van der Waals surface area contributed by atoms with Gasteiger partial charge in [-0.3, -0.25) is 0 Å². The summed E-state index contributed by atoms with van der Waals surface area (Å²) in [4.78, 5) is 0. The number of rotatable bonds is 11. The molecule has 1 nitrogen and oxygen atoms in total. The Morgan fingerprint density at radius 1 is 0.765 bits per heavy atom. The van der Waals surface area contributed by atoms with Crippen LogP contribution in [0.25, 0.3) is 0 Å². The molecule has 0 unspecified atom stereocenters. The summed E-state index contributed by atoms with van der Waals surface area (Å²) in [6.45, 7) is 11.4. The van der Waals surface area contributed by atoms with E-state index in [9.17, 15) is 0 Å². The molecule has 0 fully saturated rings. The van der Waals surface area contributed by atoms with Gasteiger partial charge in [-0.1, -0.05) is 0 Å². The Morgan fingerprint density at radius 3 is 1.35 bits per heavy atom. The first-order valence-electron chi connectivity index (χ1n) is 7.78. The van der Waals surface area contributed by atoms with Gasteiger partial charge >= 0.3 is 114 Å². The van der Waals surface area contributed by atoms with Crippen molar-refractivity contribution in [2.24, 2.45) is 0 Å². The van der Waals surface area contributed by atoms with E-state index in [0.717, 1.165) is 0 Å². The molecule has 0 aromatic rings. The minimum atomic E-state index is -2.24. The fraction of sp³-hybridized carbons (Fsp3) is 1.00. The van der Waals surface area contributed by atoms with Crippen molar-refractivity contribution in [3.63, 3.8) is 0 Å². The molecule has 0 spiro atoms. The fourth-order valence-electron chi connectivity index (χ4n) is 2.55. The molecule has 0 saturated carbocycles. The van der Waals surface area contributed by atoms with Gasteiger partial charge in [0.25, 0.3) is 0 Å². The van der Waals surface area contributed by atoms with Gasteiger partial charge in [0.15, 0.2) is 0 Å². The molecule has 104 valence electrons. The van der Waals surface area contributed by atoms with Gasteiger partial charge in [0.2, 0.25) is 0 Å². The van der Waals surface area contributed by atoms with Gasteiger partial charge in [-0.05, 0) is 0 Å². The monoisotopic (exact) mass is 350 g/mol. The summed E-state index contributed by atoms with van der Waals surface area (Å²) >= 11 is -2.24. The molecule has 0 aliphatic carbocycles. The molecule has 0 saturated heterocycles. The third-order valence-corrected chi connectivity index (χ3v) is 17.0. The van der Waals surface area contributed by atoms with Crippen LogP contribution in [0.5, 0.6) is 0 Å². The topological polar surface area (TPSA) is 9.23 Å². The molecule has 2 heteroatoms. The van der Waals surface area contributed by atoms with Crippen LogP contribution in [0.4, 0.5) is 0 Å². The Hall–Kier alpha value is 0.759. The van der Waals surface area contributed by atoms with Crippen LogP contribution in [0, 0.1) is 0 Å². The Kier molecular flexibility index (Phi) is 11.1. The van der Waals surface area contributed by atoms with Crippen LogP contribution in [0.1, 0.15) is 73.1 Å². The van der Waals surface area contributed by atoms with Gasteiger partial charge in [0.05, 0.1) is 0 Å². The molecule has 0 aliphatic heterocycles. The zero-order valence-corrected chi connectivity index (χ0v) is 15.7. The first kappa shape index (κ1) is 17.8. The van der Waals surface area contributed by atoms with E-state index in [-0.39, 0.29) is 0 Å². The van der Waals surface area contributed by atoms with Crippen molar-refractivity contribution in [2.45, 2.75) is 92.6 Å².